The Hall–Kier alpha value is -2.82. The van der Waals surface area contributed by atoms with Gasteiger partial charge in [-0.05, 0) is 36.8 Å². The Kier molecular flexibility index (Phi) is 5.74. The Morgan fingerprint density at radius 2 is 1.65 bits per heavy atom. The van der Waals surface area contributed by atoms with Gasteiger partial charge in [-0.25, -0.2) is 0 Å². The summed E-state index contributed by atoms with van der Waals surface area (Å²) in [6.07, 6.45) is 0.618. The highest BCUT2D eigenvalue weighted by atomic mass is 16.5. The highest BCUT2D eigenvalue weighted by Crippen LogP contribution is 2.25. The van der Waals surface area contributed by atoms with E-state index in [2.05, 4.69) is 5.32 Å². The molecular weight excluding hydrogens is 294 g/mol. The number of anilines is 1. The fourth-order valence-corrected chi connectivity index (χ4v) is 2.13. The molecule has 120 valence electrons. The van der Waals surface area contributed by atoms with Gasteiger partial charge in [0.05, 0.1) is 0 Å². The number of carbonyl (C=O) groups excluding carboxylic acids is 2. The van der Waals surface area contributed by atoms with Crippen LogP contribution in [0.1, 0.15) is 19.4 Å². The van der Waals surface area contributed by atoms with E-state index in [1.165, 1.54) is 13.8 Å². The minimum absolute atomic E-state index is 0.387. The maximum Gasteiger partial charge on any atom is 0.308 e. The molecule has 0 radical (unpaired) electrons. The van der Waals surface area contributed by atoms with Gasteiger partial charge in [0.25, 0.3) is 0 Å². The fourth-order valence-electron chi connectivity index (χ4n) is 2.13. The van der Waals surface area contributed by atoms with Crippen molar-refractivity contribution in [3.63, 3.8) is 0 Å². The van der Waals surface area contributed by atoms with Crippen LogP contribution >= 0.6 is 0 Å². The van der Waals surface area contributed by atoms with Gasteiger partial charge in [0, 0.05) is 31.6 Å². The molecule has 0 fully saturated rings. The van der Waals surface area contributed by atoms with Crippen LogP contribution in [0.5, 0.6) is 11.5 Å². The van der Waals surface area contributed by atoms with Gasteiger partial charge in [0.15, 0.2) is 0 Å². The summed E-state index contributed by atoms with van der Waals surface area (Å²) in [6.45, 7) is 3.35. The molecule has 0 bridgehead atoms. The normalized spacial score (nSPS) is 10.0. The first kappa shape index (κ1) is 16.5. The van der Waals surface area contributed by atoms with Gasteiger partial charge in [-0.2, -0.15) is 0 Å². The lowest BCUT2D eigenvalue weighted by Crippen LogP contribution is -2.09. The Labute approximate surface area is 135 Å². The van der Waals surface area contributed by atoms with Gasteiger partial charge in [0.1, 0.15) is 11.5 Å². The summed E-state index contributed by atoms with van der Waals surface area (Å²) in [7, 11) is 0. The summed E-state index contributed by atoms with van der Waals surface area (Å²) in [5, 5.41) is 3.29. The molecule has 23 heavy (non-hydrogen) atoms. The van der Waals surface area contributed by atoms with E-state index in [0.29, 0.717) is 24.5 Å². The molecule has 0 spiro atoms. The van der Waals surface area contributed by atoms with Crippen LogP contribution in [0.15, 0.2) is 48.5 Å². The molecule has 0 aliphatic carbocycles. The molecule has 0 aliphatic rings. The zero-order chi connectivity index (χ0) is 16.7. The SMILES string of the molecule is CC(=O)Oc1ccc(OC(C)=O)c(CCNc2ccccc2)c1. The summed E-state index contributed by atoms with van der Waals surface area (Å²) >= 11 is 0. The number of hydrogen-bond donors (Lipinski definition) is 1. The molecule has 0 unspecified atom stereocenters. The fraction of sp³-hybridized carbons (Fsp3) is 0.222. The van der Waals surface area contributed by atoms with E-state index in [0.717, 1.165) is 11.3 Å². The molecule has 2 aromatic carbocycles. The first-order chi connectivity index (χ1) is 11.0. The van der Waals surface area contributed by atoms with Crippen molar-refractivity contribution in [2.24, 2.45) is 0 Å². The van der Waals surface area contributed by atoms with E-state index in [1.54, 1.807) is 18.2 Å². The van der Waals surface area contributed by atoms with E-state index in [9.17, 15) is 9.59 Å². The number of carbonyl (C=O) groups is 2. The van der Waals surface area contributed by atoms with Crippen molar-refractivity contribution in [3.8, 4) is 11.5 Å². The van der Waals surface area contributed by atoms with Crippen LogP contribution in [0.2, 0.25) is 0 Å². The van der Waals surface area contributed by atoms with Gasteiger partial charge >= 0.3 is 11.9 Å². The number of nitrogens with one attached hydrogen (secondary N) is 1. The van der Waals surface area contributed by atoms with Crippen molar-refractivity contribution in [3.05, 3.63) is 54.1 Å². The van der Waals surface area contributed by atoms with Gasteiger partial charge in [-0.1, -0.05) is 18.2 Å². The molecule has 0 atom stereocenters. The monoisotopic (exact) mass is 313 g/mol. The van der Waals surface area contributed by atoms with E-state index < -0.39 is 5.97 Å². The number of ether oxygens (including phenoxy) is 2. The number of rotatable bonds is 6. The molecule has 0 saturated heterocycles. The molecule has 0 amide bonds. The number of para-hydroxylation sites is 1. The average molecular weight is 313 g/mol. The van der Waals surface area contributed by atoms with E-state index >= 15 is 0 Å². The van der Waals surface area contributed by atoms with Crippen molar-refractivity contribution >= 4 is 17.6 Å². The van der Waals surface area contributed by atoms with Gasteiger partial charge in [-0.15, -0.1) is 0 Å². The standard InChI is InChI=1S/C18H19NO4/c1-13(20)22-17-8-9-18(23-14(2)21)15(12-17)10-11-19-16-6-4-3-5-7-16/h3-9,12,19H,10-11H2,1-2H3. The Bertz CT molecular complexity index is 683. The van der Waals surface area contributed by atoms with Crippen LogP contribution in [-0.2, 0) is 16.0 Å². The molecular formula is C18H19NO4. The third kappa shape index (κ3) is 5.47. The maximum atomic E-state index is 11.2. The molecule has 0 heterocycles. The maximum absolute atomic E-state index is 11.2. The first-order valence-corrected chi connectivity index (χ1v) is 7.33. The second-order valence-corrected chi connectivity index (χ2v) is 5.00. The van der Waals surface area contributed by atoms with Crippen molar-refractivity contribution in [1.29, 1.82) is 0 Å². The lowest BCUT2D eigenvalue weighted by molar-refractivity contribution is -0.133. The number of hydrogen-bond acceptors (Lipinski definition) is 5. The zero-order valence-electron chi connectivity index (χ0n) is 13.2. The van der Waals surface area contributed by atoms with Crippen molar-refractivity contribution in [1.82, 2.24) is 0 Å². The summed E-state index contributed by atoms with van der Waals surface area (Å²) < 4.78 is 10.3. The van der Waals surface area contributed by atoms with E-state index in [4.69, 9.17) is 9.47 Å². The van der Waals surface area contributed by atoms with Crippen LogP contribution in [0.25, 0.3) is 0 Å². The third-order valence-electron chi connectivity index (χ3n) is 3.04. The summed E-state index contributed by atoms with van der Waals surface area (Å²) in [6, 6.07) is 14.8. The molecule has 5 heteroatoms. The average Bonchev–Trinajstić information content (AvgIpc) is 2.50. The predicted octanol–water partition coefficient (Wildman–Crippen LogP) is 3.19. The van der Waals surface area contributed by atoms with Gasteiger partial charge < -0.3 is 14.8 Å². The molecule has 5 nitrogen and oxygen atoms in total. The Morgan fingerprint density at radius 3 is 2.30 bits per heavy atom. The quantitative estimate of drug-likeness (QED) is 0.655. The molecule has 2 rings (SSSR count). The summed E-state index contributed by atoms with van der Waals surface area (Å²) in [5.41, 5.74) is 1.81. The molecule has 2 aromatic rings. The van der Waals surface area contributed by atoms with Crippen LogP contribution < -0.4 is 14.8 Å². The predicted molar refractivity (Wildman–Crippen MR) is 87.7 cm³/mol. The third-order valence-corrected chi connectivity index (χ3v) is 3.04. The highest BCUT2D eigenvalue weighted by molar-refractivity contribution is 5.71. The van der Waals surface area contributed by atoms with Crippen molar-refractivity contribution in [2.45, 2.75) is 20.3 Å². The second kappa shape index (κ2) is 7.98. The van der Waals surface area contributed by atoms with Crippen LogP contribution in [0.3, 0.4) is 0 Å². The van der Waals surface area contributed by atoms with Gasteiger partial charge in [-0.3, -0.25) is 9.59 Å². The minimum Gasteiger partial charge on any atom is -0.427 e. The zero-order valence-corrected chi connectivity index (χ0v) is 13.2. The smallest absolute Gasteiger partial charge is 0.308 e. The van der Waals surface area contributed by atoms with Gasteiger partial charge in [0.2, 0.25) is 0 Å². The highest BCUT2D eigenvalue weighted by Gasteiger charge is 2.09. The van der Waals surface area contributed by atoms with Crippen molar-refractivity contribution < 1.29 is 19.1 Å². The molecule has 0 aromatic heterocycles. The van der Waals surface area contributed by atoms with Crippen LogP contribution in [0.4, 0.5) is 5.69 Å². The number of esters is 2. The summed E-state index contributed by atoms with van der Waals surface area (Å²) in [4.78, 5) is 22.3. The van der Waals surface area contributed by atoms with Crippen LogP contribution in [0, 0.1) is 0 Å². The largest absolute Gasteiger partial charge is 0.427 e. The van der Waals surface area contributed by atoms with E-state index in [1.807, 2.05) is 30.3 Å². The lowest BCUT2D eigenvalue weighted by atomic mass is 10.1. The Morgan fingerprint density at radius 1 is 0.957 bits per heavy atom. The first-order valence-electron chi connectivity index (χ1n) is 7.33. The minimum atomic E-state index is -0.390. The van der Waals surface area contributed by atoms with Crippen LogP contribution in [-0.4, -0.2) is 18.5 Å². The number of benzene rings is 2. The second-order valence-electron chi connectivity index (χ2n) is 5.00. The molecule has 0 saturated carbocycles. The molecule has 1 N–H and O–H groups in total. The molecule has 0 aliphatic heterocycles. The topological polar surface area (TPSA) is 64.6 Å². The van der Waals surface area contributed by atoms with E-state index in [-0.39, 0.29) is 5.97 Å². The van der Waals surface area contributed by atoms with Crippen molar-refractivity contribution in [2.75, 3.05) is 11.9 Å². The lowest BCUT2D eigenvalue weighted by Gasteiger charge is -2.12. The summed E-state index contributed by atoms with van der Waals surface area (Å²) in [5.74, 6) is 0.132. The Balaban J connectivity index is 2.09.